The second-order valence-corrected chi connectivity index (χ2v) is 16.4. The van der Waals surface area contributed by atoms with Crippen molar-refractivity contribution in [2.24, 2.45) is 5.10 Å². The van der Waals surface area contributed by atoms with Crippen molar-refractivity contribution in [1.29, 1.82) is 0 Å². The maximum atomic E-state index is 14.1. The van der Waals surface area contributed by atoms with Gasteiger partial charge >= 0.3 is 0 Å². The van der Waals surface area contributed by atoms with Crippen LogP contribution in [0.5, 0.6) is 5.75 Å². The lowest BCUT2D eigenvalue weighted by Crippen LogP contribution is -2.39. The predicted octanol–water partition coefficient (Wildman–Crippen LogP) is 9.48. The molecule has 0 bridgehead atoms. The van der Waals surface area contributed by atoms with E-state index in [4.69, 9.17) is 51.8 Å². The maximum absolute atomic E-state index is 14.1. The number of benzene rings is 4. The number of anilines is 2. The summed E-state index contributed by atoms with van der Waals surface area (Å²) in [4.78, 5) is 41.2. The largest absolute Gasteiger partial charge is 0.483 e. The Morgan fingerprint density at radius 3 is 2.19 bits per heavy atom. The number of hydrazone groups is 1. The molecule has 1 unspecified atom stereocenters. The summed E-state index contributed by atoms with van der Waals surface area (Å²) < 4.78 is 8.70. The fourth-order valence-electron chi connectivity index (χ4n) is 6.07. The molecule has 3 amide bonds. The molecule has 0 saturated heterocycles. The van der Waals surface area contributed by atoms with Crippen molar-refractivity contribution in [3.8, 4) is 11.4 Å². The first-order chi connectivity index (χ1) is 27.0. The van der Waals surface area contributed by atoms with Crippen molar-refractivity contribution >= 4 is 82.0 Å². The number of aromatic nitrogens is 4. The second kappa shape index (κ2) is 16.8. The Morgan fingerprint density at radius 1 is 0.842 bits per heavy atom. The molecule has 2 N–H and O–H groups in total. The van der Waals surface area contributed by atoms with Gasteiger partial charge in [0.25, 0.3) is 17.7 Å². The number of carbonyl (C=O) groups is 3. The van der Waals surface area contributed by atoms with E-state index in [1.807, 2.05) is 12.1 Å². The average Bonchev–Trinajstić information content (AvgIpc) is 3.71. The van der Waals surface area contributed by atoms with Crippen LogP contribution in [0.4, 0.5) is 11.4 Å². The van der Waals surface area contributed by atoms with Gasteiger partial charge in [0.15, 0.2) is 18.5 Å². The van der Waals surface area contributed by atoms with E-state index in [2.05, 4.69) is 79.8 Å². The summed E-state index contributed by atoms with van der Waals surface area (Å²) in [6.07, 6.45) is 1.85. The molecule has 296 valence electrons. The van der Waals surface area contributed by atoms with Gasteiger partial charge < -0.3 is 15.4 Å². The van der Waals surface area contributed by atoms with E-state index in [9.17, 15) is 14.4 Å². The van der Waals surface area contributed by atoms with Crippen LogP contribution in [0, 0.1) is 4.77 Å². The molecule has 1 aliphatic rings. The first-order valence-electron chi connectivity index (χ1n) is 18.2. The van der Waals surface area contributed by atoms with Gasteiger partial charge in [0.1, 0.15) is 11.4 Å². The Bertz CT molecular complexity index is 2420. The zero-order valence-electron chi connectivity index (χ0n) is 32.1. The summed E-state index contributed by atoms with van der Waals surface area (Å²) in [6, 6.07) is 22.9. The molecule has 57 heavy (non-hydrogen) atoms. The number of nitrogens with zero attached hydrogens (tertiary/aromatic N) is 6. The minimum Gasteiger partial charge on any atom is -0.483 e. The number of rotatable bonds is 12. The van der Waals surface area contributed by atoms with Crippen molar-refractivity contribution in [1.82, 2.24) is 25.1 Å². The highest BCUT2D eigenvalue weighted by Gasteiger charge is 2.42. The van der Waals surface area contributed by atoms with Crippen LogP contribution < -0.4 is 20.4 Å². The molecule has 4 aromatic carbocycles. The molecule has 1 atom stereocenters. The van der Waals surface area contributed by atoms with E-state index in [1.165, 1.54) is 33.1 Å². The lowest BCUT2D eigenvalue weighted by molar-refractivity contribution is -0.119. The highest BCUT2D eigenvalue weighted by molar-refractivity contribution is 7.71. The van der Waals surface area contributed by atoms with Crippen LogP contribution in [0.3, 0.4) is 0 Å². The minimum absolute atomic E-state index is 0.0141. The van der Waals surface area contributed by atoms with E-state index in [0.717, 1.165) is 23.4 Å². The molecule has 1 aliphatic heterocycles. The van der Waals surface area contributed by atoms with Crippen LogP contribution in [0.15, 0.2) is 90.0 Å². The lowest BCUT2D eigenvalue weighted by atomic mass is 9.76. The van der Waals surface area contributed by atoms with Crippen LogP contribution >= 0.6 is 47.0 Å². The summed E-state index contributed by atoms with van der Waals surface area (Å²) in [5.41, 5.74) is 3.19. The Balaban J connectivity index is 1.23. The topological polar surface area (TPSA) is 136 Å². The number of carbonyl (C=O) groups excluding carboxylic acids is 3. The fraction of sp³-hybridized carbons (Fsp3) is 0.293. The molecule has 0 aliphatic carbocycles. The summed E-state index contributed by atoms with van der Waals surface area (Å²) in [5.74, 6) is -1.23. The first kappa shape index (κ1) is 41.6. The maximum Gasteiger partial charge on any atom is 0.280 e. The molecule has 5 aromatic rings. The summed E-state index contributed by atoms with van der Waals surface area (Å²) in [5, 5.41) is 19.6. The first-order valence-corrected chi connectivity index (χ1v) is 19.7. The standard InChI is InChI=1S/C41H41Cl3N8O4S/c1-7-40(3,4)25-17-18-32(29(20-25)41(5,6)8-2)56-23-33(53)45-27-14-12-13-24(19-27)37(54)46-36-35(52-39(57)50(48-49-52)28-15-10-9-11-16-28)38(55)51(47-36)34-30(43)21-26(42)22-31(34)44/h9-22,35H,7-8,23H2,1-6H3,(H,45,53)(H,46,47,54). The van der Waals surface area contributed by atoms with Gasteiger partial charge in [-0.05, 0) is 100 Å². The van der Waals surface area contributed by atoms with E-state index < -0.39 is 23.8 Å². The molecule has 12 nitrogen and oxygen atoms in total. The minimum atomic E-state index is -1.37. The van der Waals surface area contributed by atoms with E-state index in [0.29, 0.717) is 17.1 Å². The van der Waals surface area contributed by atoms with Crippen molar-refractivity contribution < 1.29 is 19.1 Å². The zero-order chi connectivity index (χ0) is 41.2. The number of amides is 3. The Hall–Kier alpha value is -5.08. The van der Waals surface area contributed by atoms with Gasteiger partial charge in [-0.1, -0.05) is 113 Å². The monoisotopic (exact) mass is 846 g/mol. The molecule has 0 radical (unpaired) electrons. The van der Waals surface area contributed by atoms with Crippen LogP contribution in [0.25, 0.3) is 5.69 Å². The second-order valence-electron chi connectivity index (χ2n) is 14.8. The van der Waals surface area contributed by atoms with Crippen molar-refractivity contribution in [2.45, 2.75) is 71.3 Å². The van der Waals surface area contributed by atoms with Crippen LogP contribution in [0.1, 0.15) is 81.9 Å². The van der Waals surface area contributed by atoms with Gasteiger partial charge in [-0.15, -0.1) is 5.10 Å². The molecular weight excluding hydrogens is 807 g/mol. The van der Waals surface area contributed by atoms with Crippen molar-refractivity contribution in [3.63, 3.8) is 0 Å². The van der Waals surface area contributed by atoms with E-state index in [-0.39, 0.29) is 54.4 Å². The van der Waals surface area contributed by atoms with Gasteiger partial charge in [-0.2, -0.15) is 14.4 Å². The molecule has 0 spiro atoms. The summed E-state index contributed by atoms with van der Waals surface area (Å²) in [7, 11) is 0. The summed E-state index contributed by atoms with van der Waals surface area (Å²) in [6.45, 7) is 12.8. The van der Waals surface area contributed by atoms with E-state index in [1.54, 1.807) is 42.5 Å². The van der Waals surface area contributed by atoms with Crippen molar-refractivity contribution in [3.05, 3.63) is 121 Å². The quantitative estimate of drug-likeness (QED) is 0.120. The third-order valence-corrected chi connectivity index (χ3v) is 11.4. The Morgan fingerprint density at radius 2 is 1.53 bits per heavy atom. The summed E-state index contributed by atoms with van der Waals surface area (Å²) >= 11 is 24.8. The molecule has 0 saturated carbocycles. The molecule has 1 aromatic heterocycles. The Labute approximate surface area is 350 Å². The smallest absolute Gasteiger partial charge is 0.280 e. The number of ether oxygens (including phenoxy) is 1. The third-order valence-electron chi connectivity index (χ3n) is 10.2. The predicted molar refractivity (Wildman–Crippen MR) is 227 cm³/mol. The fourth-order valence-corrected chi connectivity index (χ4v) is 7.33. The van der Waals surface area contributed by atoms with Crippen molar-refractivity contribution in [2.75, 3.05) is 16.9 Å². The molecule has 6 rings (SSSR count). The number of hydrogen-bond acceptors (Lipinski definition) is 8. The third kappa shape index (κ3) is 8.76. The lowest BCUT2D eigenvalue weighted by Gasteiger charge is -2.30. The van der Waals surface area contributed by atoms with Crippen LogP contribution in [-0.2, 0) is 20.4 Å². The SMILES string of the molecule is CCC(C)(C)c1ccc(OCC(=O)Nc2cccc(C(=O)NC3=NN(c4c(Cl)cc(Cl)cc4Cl)C(=O)C3n3nnn(-c4ccccc4)c3=S)c2)c(C(C)(C)CC)c1. The van der Waals surface area contributed by atoms with Gasteiger partial charge in [0, 0.05) is 21.8 Å². The highest BCUT2D eigenvalue weighted by Crippen LogP contribution is 2.41. The number of nitrogens with one attached hydrogen (secondary N) is 2. The molecule has 0 fully saturated rings. The molecule has 2 heterocycles. The number of amidine groups is 1. The zero-order valence-corrected chi connectivity index (χ0v) is 35.2. The van der Waals surface area contributed by atoms with Gasteiger partial charge in [0.05, 0.1) is 15.7 Å². The van der Waals surface area contributed by atoms with Crippen LogP contribution in [0.2, 0.25) is 15.1 Å². The number of hydrogen-bond donors (Lipinski definition) is 2. The van der Waals surface area contributed by atoms with Crippen LogP contribution in [-0.4, -0.2) is 50.0 Å². The normalized spacial score (nSPS) is 14.4. The number of halogens is 3. The highest BCUT2D eigenvalue weighted by atomic mass is 35.5. The van der Waals surface area contributed by atoms with Gasteiger partial charge in [-0.25, -0.2) is 0 Å². The van der Waals surface area contributed by atoms with E-state index >= 15 is 0 Å². The molecule has 16 heteroatoms. The van der Waals surface area contributed by atoms with Gasteiger partial charge in [0.2, 0.25) is 4.77 Å². The number of para-hydroxylation sites is 1. The average molecular weight is 848 g/mol. The molecular formula is C41H41Cl3N8O4S. The Kier molecular flexibility index (Phi) is 12.2. The number of tetrazole rings is 1. The van der Waals surface area contributed by atoms with Gasteiger partial charge in [-0.3, -0.25) is 14.4 Å².